The number of nitrogens with zero attached hydrogens (tertiary/aromatic N) is 2. The summed E-state index contributed by atoms with van der Waals surface area (Å²) >= 11 is 0. The molecular weight excluding hydrogens is 303 g/mol. The van der Waals surface area contributed by atoms with Crippen LogP contribution in [0.15, 0.2) is 30.3 Å². The summed E-state index contributed by atoms with van der Waals surface area (Å²) in [5, 5.41) is 6.60. The summed E-state index contributed by atoms with van der Waals surface area (Å²) < 4.78 is 13.9. The van der Waals surface area contributed by atoms with Crippen LogP contribution in [-0.4, -0.2) is 16.0 Å². The highest BCUT2D eigenvalue weighted by Crippen LogP contribution is 2.40. The first kappa shape index (κ1) is 15.4. The Hall–Kier alpha value is -2.17. The lowest BCUT2D eigenvalue weighted by Gasteiger charge is -2.23. The molecule has 1 aromatic heterocycles. The van der Waals surface area contributed by atoms with Crippen molar-refractivity contribution in [3.63, 3.8) is 0 Å². The Morgan fingerprint density at radius 2 is 1.75 bits per heavy atom. The largest absolute Gasteiger partial charge is 0.351 e. The lowest BCUT2D eigenvalue weighted by atomic mass is 9.96. The first-order valence-corrected chi connectivity index (χ1v) is 8.95. The Labute approximate surface area is 141 Å². The van der Waals surface area contributed by atoms with Crippen LogP contribution in [-0.2, 0) is 0 Å². The summed E-state index contributed by atoms with van der Waals surface area (Å²) in [6.45, 7) is 0. The first-order valence-electron chi connectivity index (χ1n) is 8.95. The fourth-order valence-corrected chi connectivity index (χ4v) is 3.31. The highest BCUT2D eigenvalue weighted by Gasteiger charge is 2.26. The van der Waals surface area contributed by atoms with Crippen LogP contribution in [0.3, 0.4) is 0 Å². The van der Waals surface area contributed by atoms with E-state index in [9.17, 15) is 4.39 Å². The fraction of sp³-hybridized carbons (Fsp3) is 0.474. The van der Waals surface area contributed by atoms with Gasteiger partial charge >= 0.3 is 0 Å². The number of halogens is 1. The van der Waals surface area contributed by atoms with Gasteiger partial charge in [0.15, 0.2) is 0 Å². The second kappa shape index (κ2) is 6.75. The third kappa shape index (κ3) is 3.66. The third-order valence-corrected chi connectivity index (χ3v) is 4.82. The van der Waals surface area contributed by atoms with E-state index in [1.807, 2.05) is 12.1 Å². The van der Waals surface area contributed by atoms with Crippen LogP contribution in [0.1, 0.15) is 56.6 Å². The Kier molecular flexibility index (Phi) is 4.32. The molecule has 4 rings (SSSR count). The summed E-state index contributed by atoms with van der Waals surface area (Å²) in [5.74, 6) is 1.59. The summed E-state index contributed by atoms with van der Waals surface area (Å²) in [6.07, 6.45) is 8.56. The summed E-state index contributed by atoms with van der Waals surface area (Å²) in [6, 6.07) is 9.09. The van der Waals surface area contributed by atoms with Gasteiger partial charge in [-0.05, 0) is 37.8 Å². The Morgan fingerprint density at radius 1 is 0.958 bits per heavy atom. The maximum Gasteiger partial charge on any atom is 0.225 e. The molecule has 2 fully saturated rings. The SMILES string of the molecule is Fc1ccccc1Nc1cc(C2CC2)nc(NC2CCCCC2)n1. The molecule has 0 atom stereocenters. The second-order valence-corrected chi connectivity index (χ2v) is 6.86. The molecule has 2 aromatic rings. The topological polar surface area (TPSA) is 49.8 Å². The number of nitrogens with one attached hydrogen (secondary N) is 2. The van der Waals surface area contributed by atoms with Crippen LogP contribution in [0.25, 0.3) is 0 Å². The van der Waals surface area contributed by atoms with E-state index in [2.05, 4.69) is 15.6 Å². The van der Waals surface area contributed by atoms with Crippen molar-refractivity contribution in [2.75, 3.05) is 10.6 Å². The van der Waals surface area contributed by atoms with E-state index in [0.29, 0.717) is 29.4 Å². The van der Waals surface area contributed by atoms with Crippen molar-refractivity contribution in [1.82, 2.24) is 9.97 Å². The molecule has 2 aliphatic rings. The zero-order valence-corrected chi connectivity index (χ0v) is 13.8. The third-order valence-electron chi connectivity index (χ3n) is 4.82. The minimum Gasteiger partial charge on any atom is -0.351 e. The Morgan fingerprint density at radius 3 is 2.50 bits per heavy atom. The zero-order valence-electron chi connectivity index (χ0n) is 13.8. The molecule has 126 valence electrons. The average molecular weight is 326 g/mol. The van der Waals surface area contributed by atoms with Crippen LogP contribution in [0.2, 0.25) is 0 Å². The van der Waals surface area contributed by atoms with Crippen molar-refractivity contribution in [2.45, 2.75) is 56.9 Å². The molecule has 4 nitrogen and oxygen atoms in total. The summed E-state index contributed by atoms with van der Waals surface area (Å²) in [5.41, 5.74) is 1.50. The lowest BCUT2D eigenvalue weighted by molar-refractivity contribution is 0.460. The van der Waals surface area contributed by atoms with Crippen molar-refractivity contribution in [3.8, 4) is 0 Å². The highest BCUT2D eigenvalue weighted by molar-refractivity contribution is 5.58. The molecular formula is C19H23FN4. The standard InChI is InChI=1S/C19H23FN4/c20-15-8-4-5-9-16(15)22-18-12-17(13-10-11-13)23-19(24-18)21-14-6-2-1-3-7-14/h4-5,8-9,12-14H,1-3,6-7,10-11H2,(H2,21,22,23,24). The van der Waals surface area contributed by atoms with Crippen molar-refractivity contribution in [2.24, 2.45) is 0 Å². The Balaban J connectivity index is 1.57. The minimum absolute atomic E-state index is 0.272. The molecule has 1 aromatic carbocycles. The van der Waals surface area contributed by atoms with Crippen LogP contribution in [0.4, 0.5) is 21.8 Å². The molecule has 0 saturated heterocycles. The predicted octanol–water partition coefficient (Wildman–Crippen LogP) is 4.98. The van der Waals surface area contributed by atoms with Crippen molar-refractivity contribution in [3.05, 3.63) is 41.8 Å². The number of para-hydroxylation sites is 1. The number of anilines is 3. The van der Waals surface area contributed by atoms with Gasteiger partial charge < -0.3 is 10.6 Å². The number of aromatic nitrogens is 2. The predicted molar refractivity (Wildman–Crippen MR) is 94.2 cm³/mol. The molecule has 2 saturated carbocycles. The van der Waals surface area contributed by atoms with Crippen molar-refractivity contribution < 1.29 is 4.39 Å². The van der Waals surface area contributed by atoms with E-state index in [4.69, 9.17) is 4.98 Å². The van der Waals surface area contributed by atoms with Crippen molar-refractivity contribution >= 4 is 17.5 Å². The Bertz CT molecular complexity index is 708. The van der Waals surface area contributed by atoms with Gasteiger partial charge in [-0.3, -0.25) is 0 Å². The van der Waals surface area contributed by atoms with Gasteiger partial charge in [0.05, 0.1) is 11.4 Å². The number of hydrogen-bond acceptors (Lipinski definition) is 4. The van der Waals surface area contributed by atoms with Crippen molar-refractivity contribution in [1.29, 1.82) is 0 Å². The fourth-order valence-electron chi connectivity index (χ4n) is 3.31. The van der Waals surface area contributed by atoms with Crippen LogP contribution in [0, 0.1) is 5.82 Å². The zero-order chi connectivity index (χ0) is 16.4. The molecule has 24 heavy (non-hydrogen) atoms. The molecule has 2 N–H and O–H groups in total. The van der Waals surface area contributed by atoms with E-state index in [1.165, 1.54) is 51.0 Å². The lowest BCUT2D eigenvalue weighted by Crippen LogP contribution is -2.23. The molecule has 2 aliphatic carbocycles. The quantitative estimate of drug-likeness (QED) is 0.813. The maximum atomic E-state index is 13.9. The van der Waals surface area contributed by atoms with Crippen LogP contribution < -0.4 is 10.6 Å². The molecule has 5 heteroatoms. The average Bonchev–Trinajstić information content (AvgIpc) is 3.43. The van der Waals surface area contributed by atoms with E-state index in [-0.39, 0.29) is 5.82 Å². The van der Waals surface area contributed by atoms with Crippen LogP contribution in [0.5, 0.6) is 0 Å². The highest BCUT2D eigenvalue weighted by atomic mass is 19.1. The van der Waals surface area contributed by atoms with E-state index < -0.39 is 0 Å². The smallest absolute Gasteiger partial charge is 0.225 e. The number of benzene rings is 1. The van der Waals surface area contributed by atoms with Gasteiger partial charge in [0.25, 0.3) is 0 Å². The van der Waals surface area contributed by atoms with Gasteiger partial charge in [-0.25, -0.2) is 9.37 Å². The van der Waals surface area contributed by atoms with Gasteiger partial charge in [0, 0.05) is 18.0 Å². The van der Waals surface area contributed by atoms with Gasteiger partial charge in [0.2, 0.25) is 5.95 Å². The molecule has 0 spiro atoms. The van der Waals surface area contributed by atoms with E-state index in [1.54, 1.807) is 12.1 Å². The van der Waals surface area contributed by atoms with Gasteiger partial charge in [0.1, 0.15) is 11.6 Å². The molecule has 0 amide bonds. The van der Waals surface area contributed by atoms with Gasteiger partial charge in [-0.1, -0.05) is 31.4 Å². The molecule has 0 radical (unpaired) electrons. The normalized spacial score (nSPS) is 18.4. The monoisotopic (exact) mass is 326 g/mol. The number of hydrogen-bond donors (Lipinski definition) is 2. The second-order valence-electron chi connectivity index (χ2n) is 6.86. The molecule has 0 aliphatic heterocycles. The molecule has 0 unspecified atom stereocenters. The number of rotatable bonds is 5. The maximum absolute atomic E-state index is 13.9. The van der Waals surface area contributed by atoms with Crippen LogP contribution >= 0.6 is 0 Å². The molecule has 0 bridgehead atoms. The summed E-state index contributed by atoms with van der Waals surface area (Å²) in [4.78, 5) is 9.27. The summed E-state index contributed by atoms with van der Waals surface area (Å²) in [7, 11) is 0. The first-order chi connectivity index (χ1) is 11.8. The minimum atomic E-state index is -0.272. The van der Waals surface area contributed by atoms with Gasteiger partial charge in [-0.15, -0.1) is 0 Å². The van der Waals surface area contributed by atoms with Gasteiger partial charge in [-0.2, -0.15) is 4.98 Å². The van der Waals surface area contributed by atoms with E-state index in [0.717, 1.165) is 5.69 Å². The van der Waals surface area contributed by atoms with E-state index >= 15 is 0 Å². The molecule has 1 heterocycles.